The number of hydrogen-bond donors (Lipinski definition) is 1. The molecule has 0 atom stereocenters. The zero-order valence-electron chi connectivity index (χ0n) is 10.5. The number of carbonyl (C=O) groups is 2. The van der Waals surface area contributed by atoms with Crippen molar-refractivity contribution in [3.8, 4) is 0 Å². The standard InChI is InChI=1S/C14H12ClNO4/c15-12-7-6-11(20-12)14(19)16(9-8-13(17)18)10-4-2-1-3-5-10/h1-7H,8-9H2,(H,17,18). The van der Waals surface area contributed by atoms with Crippen LogP contribution >= 0.6 is 11.6 Å². The lowest BCUT2D eigenvalue weighted by atomic mass is 10.2. The first-order valence-corrected chi connectivity index (χ1v) is 6.30. The first kappa shape index (κ1) is 14.1. The minimum absolute atomic E-state index is 0.0521. The van der Waals surface area contributed by atoms with Gasteiger partial charge in [-0.1, -0.05) is 18.2 Å². The predicted octanol–water partition coefficient (Wildman–Crippen LogP) is 3.05. The normalized spacial score (nSPS) is 10.2. The number of furan rings is 1. The van der Waals surface area contributed by atoms with E-state index in [0.717, 1.165) is 0 Å². The lowest BCUT2D eigenvalue weighted by molar-refractivity contribution is -0.136. The molecule has 0 bridgehead atoms. The van der Waals surface area contributed by atoms with Crippen molar-refractivity contribution in [1.29, 1.82) is 0 Å². The van der Waals surface area contributed by atoms with Crippen molar-refractivity contribution in [2.24, 2.45) is 0 Å². The number of amides is 1. The van der Waals surface area contributed by atoms with Gasteiger partial charge >= 0.3 is 5.97 Å². The summed E-state index contributed by atoms with van der Waals surface area (Å²) in [5.41, 5.74) is 0.603. The van der Waals surface area contributed by atoms with Gasteiger partial charge in [0.2, 0.25) is 0 Å². The molecule has 2 rings (SSSR count). The molecule has 0 fully saturated rings. The van der Waals surface area contributed by atoms with Crippen LogP contribution in [0.4, 0.5) is 5.69 Å². The van der Waals surface area contributed by atoms with Crippen molar-refractivity contribution in [2.75, 3.05) is 11.4 Å². The van der Waals surface area contributed by atoms with E-state index in [1.807, 2.05) is 6.07 Å². The van der Waals surface area contributed by atoms with Gasteiger partial charge in [-0.05, 0) is 35.9 Å². The summed E-state index contributed by atoms with van der Waals surface area (Å²) in [6, 6.07) is 11.7. The molecule has 6 heteroatoms. The Kier molecular flexibility index (Phi) is 4.42. The molecule has 1 N–H and O–H groups in total. The van der Waals surface area contributed by atoms with Crippen LogP contribution in [0.25, 0.3) is 0 Å². The molecule has 20 heavy (non-hydrogen) atoms. The Hall–Kier alpha value is -2.27. The van der Waals surface area contributed by atoms with Crippen LogP contribution in [0.5, 0.6) is 0 Å². The second kappa shape index (κ2) is 6.25. The number of rotatable bonds is 5. The second-order valence-electron chi connectivity index (χ2n) is 4.04. The fourth-order valence-electron chi connectivity index (χ4n) is 1.73. The molecule has 0 saturated carbocycles. The molecular formula is C14H12ClNO4. The number of carboxylic acids is 1. The van der Waals surface area contributed by atoms with E-state index in [1.165, 1.54) is 17.0 Å². The van der Waals surface area contributed by atoms with E-state index in [2.05, 4.69) is 0 Å². The van der Waals surface area contributed by atoms with Gasteiger partial charge in [0.25, 0.3) is 5.91 Å². The zero-order chi connectivity index (χ0) is 14.5. The SMILES string of the molecule is O=C(O)CCN(C(=O)c1ccc(Cl)o1)c1ccccc1. The minimum Gasteiger partial charge on any atom is -0.481 e. The monoisotopic (exact) mass is 293 g/mol. The van der Waals surface area contributed by atoms with Crippen molar-refractivity contribution < 1.29 is 19.1 Å². The molecule has 0 unspecified atom stereocenters. The summed E-state index contributed by atoms with van der Waals surface area (Å²) in [4.78, 5) is 24.4. The third kappa shape index (κ3) is 3.39. The summed E-state index contributed by atoms with van der Waals surface area (Å²) in [7, 11) is 0. The molecule has 1 amide bonds. The van der Waals surface area contributed by atoms with E-state index in [4.69, 9.17) is 21.1 Å². The van der Waals surface area contributed by atoms with Gasteiger partial charge in [0.05, 0.1) is 6.42 Å². The number of benzene rings is 1. The number of carbonyl (C=O) groups excluding carboxylic acids is 1. The summed E-state index contributed by atoms with van der Waals surface area (Å²) in [5.74, 6) is -1.33. The van der Waals surface area contributed by atoms with Gasteiger partial charge in [0.1, 0.15) is 0 Å². The van der Waals surface area contributed by atoms with Crippen molar-refractivity contribution in [3.05, 3.63) is 53.4 Å². The van der Waals surface area contributed by atoms with Crippen molar-refractivity contribution in [1.82, 2.24) is 0 Å². The first-order chi connectivity index (χ1) is 9.58. The fourth-order valence-corrected chi connectivity index (χ4v) is 1.87. The topological polar surface area (TPSA) is 70.8 Å². The molecule has 0 saturated heterocycles. The Balaban J connectivity index is 2.26. The summed E-state index contributed by atoms with van der Waals surface area (Å²) < 4.78 is 5.08. The van der Waals surface area contributed by atoms with Crippen LogP contribution in [0.1, 0.15) is 17.0 Å². The molecule has 1 aromatic carbocycles. The van der Waals surface area contributed by atoms with Crippen molar-refractivity contribution >= 4 is 29.2 Å². The average molecular weight is 294 g/mol. The highest BCUT2D eigenvalue weighted by Gasteiger charge is 2.21. The fraction of sp³-hybridized carbons (Fsp3) is 0.143. The quantitative estimate of drug-likeness (QED) is 0.919. The van der Waals surface area contributed by atoms with Crippen LogP contribution in [-0.2, 0) is 4.79 Å². The number of hydrogen-bond acceptors (Lipinski definition) is 3. The molecule has 1 heterocycles. The number of anilines is 1. The molecule has 5 nitrogen and oxygen atoms in total. The lowest BCUT2D eigenvalue weighted by Crippen LogP contribution is -2.32. The zero-order valence-corrected chi connectivity index (χ0v) is 11.2. The highest BCUT2D eigenvalue weighted by molar-refractivity contribution is 6.29. The van der Waals surface area contributed by atoms with E-state index >= 15 is 0 Å². The van der Waals surface area contributed by atoms with Gasteiger partial charge in [-0.2, -0.15) is 0 Å². The largest absolute Gasteiger partial charge is 0.481 e. The first-order valence-electron chi connectivity index (χ1n) is 5.92. The summed E-state index contributed by atoms with van der Waals surface area (Å²) in [5, 5.41) is 8.89. The van der Waals surface area contributed by atoms with Crippen molar-refractivity contribution in [2.45, 2.75) is 6.42 Å². The smallest absolute Gasteiger partial charge is 0.305 e. The lowest BCUT2D eigenvalue weighted by Gasteiger charge is -2.20. The molecule has 2 aromatic rings. The molecule has 0 aliphatic heterocycles. The number of para-hydroxylation sites is 1. The average Bonchev–Trinajstić information content (AvgIpc) is 2.86. The van der Waals surface area contributed by atoms with E-state index in [1.54, 1.807) is 24.3 Å². The van der Waals surface area contributed by atoms with Gasteiger partial charge in [0, 0.05) is 12.2 Å². The maximum atomic E-state index is 12.4. The number of halogens is 1. The third-order valence-electron chi connectivity index (χ3n) is 2.65. The molecule has 0 spiro atoms. The summed E-state index contributed by atoms with van der Waals surface area (Å²) >= 11 is 5.65. The Bertz CT molecular complexity index is 609. The molecule has 0 radical (unpaired) electrons. The van der Waals surface area contributed by atoms with E-state index in [0.29, 0.717) is 5.69 Å². The number of carboxylic acid groups (broad SMARTS) is 1. The number of nitrogens with zero attached hydrogens (tertiary/aromatic N) is 1. The van der Waals surface area contributed by atoms with Crippen molar-refractivity contribution in [3.63, 3.8) is 0 Å². The van der Waals surface area contributed by atoms with E-state index in [9.17, 15) is 9.59 Å². The number of aliphatic carboxylic acids is 1. The molecule has 104 valence electrons. The highest BCUT2D eigenvalue weighted by Crippen LogP contribution is 2.20. The Morgan fingerprint density at radius 1 is 1.15 bits per heavy atom. The maximum Gasteiger partial charge on any atom is 0.305 e. The maximum absolute atomic E-state index is 12.4. The van der Waals surface area contributed by atoms with Gasteiger partial charge < -0.3 is 14.4 Å². The second-order valence-corrected chi connectivity index (χ2v) is 4.41. The van der Waals surface area contributed by atoms with Crippen LogP contribution in [0.3, 0.4) is 0 Å². The molecule has 1 aromatic heterocycles. The van der Waals surface area contributed by atoms with E-state index < -0.39 is 11.9 Å². The van der Waals surface area contributed by atoms with Gasteiger partial charge in [-0.25, -0.2) is 0 Å². The van der Waals surface area contributed by atoms with Crippen LogP contribution < -0.4 is 4.90 Å². The third-order valence-corrected chi connectivity index (χ3v) is 2.85. The van der Waals surface area contributed by atoms with Crippen LogP contribution in [-0.4, -0.2) is 23.5 Å². The van der Waals surface area contributed by atoms with Gasteiger partial charge in [0.15, 0.2) is 11.0 Å². The minimum atomic E-state index is -0.976. The molecule has 0 aliphatic carbocycles. The summed E-state index contributed by atoms with van der Waals surface area (Å²) in [6.07, 6.45) is -0.158. The highest BCUT2D eigenvalue weighted by atomic mass is 35.5. The Morgan fingerprint density at radius 2 is 1.85 bits per heavy atom. The van der Waals surface area contributed by atoms with Gasteiger partial charge in [-0.15, -0.1) is 0 Å². The van der Waals surface area contributed by atoms with Crippen LogP contribution in [0.15, 0.2) is 46.9 Å². The van der Waals surface area contributed by atoms with Gasteiger partial charge in [-0.3, -0.25) is 9.59 Å². The predicted molar refractivity (Wildman–Crippen MR) is 74.1 cm³/mol. The summed E-state index contributed by atoms with van der Waals surface area (Å²) in [6.45, 7) is 0.0521. The molecular weight excluding hydrogens is 282 g/mol. The van der Waals surface area contributed by atoms with Crippen LogP contribution in [0, 0.1) is 0 Å². The Morgan fingerprint density at radius 3 is 2.40 bits per heavy atom. The van der Waals surface area contributed by atoms with E-state index in [-0.39, 0.29) is 23.9 Å². The molecule has 0 aliphatic rings. The Labute approximate surface area is 120 Å². The van der Waals surface area contributed by atoms with Crippen LogP contribution in [0.2, 0.25) is 5.22 Å².